The maximum atomic E-state index is 12.8. The summed E-state index contributed by atoms with van der Waals surface area (Å²) < 4.78 is 27.3. The quantitative estimate of drug-likeness (QED) is 0.900. The molecule has 1 saturated heterocycles. The van der Waals surface area contributed by atoms with Gasteiger partial charge in [-0.1, -0.05) is 13.0 Å². The number of rotatable bonds is 5. The van der Waals surface area contributed by atoms with Gasteiger partial charge in [-0.3, -0.25) is 0 Å². The van der Waals surface area contributed by atoms with E-state index in [0.717, 1.165) is 29.2 Å². The number of aryl methyl sites for hydroxylation is 1. The molecule has 0 radical (unpaired) electrons. The Morgan fingerprint density at radius 1 is 1.43 bits per heavy atom. The summed E-state index contributed by atoms with van der Waals surface area (Å²) in [7, 11) is -3.38. The zero-order valence-corrected chi connectivity index (χ0v) is 14.6. The molecule has 0 saturated carbocycles. The highest BCUT2D eigenvalue weighted by Crippen LogP contribution is 2.25. The third-order valence-corrected chi connectivity index (χ3v) is 7.00. The molecule has 2 rings (SSSR count). The first-order valence-electron chi connectivity index (χ1n) is 7.36. The molecule has 0 spiro atoms. The Labute approximate surface area is 132 Å². The molecule has 6 heteroatoms. The minimum atomic E-state index is -3.38. The van der Waals surface area contributed by atoms with Crippen LogP contribution in [0.5, 0.6) is 0 Å². The highest BCUT2D eigenvalue weighted by Gasteiger charge is 2.31. The molecule has 1 N–H and O–H groups in total. The number of nitrogens with zero attached hydrogens (tertiary/aromatic N) is 1. The SMILES string of the molecule is CCNCc1cc(S(=O)(=O)N2CCSCC2C)ccc1C. The number of nitrogens with one attached hydrogen (secondary N) is 1. The number of hydrogen-bond donors (Lipinski definition) is 1. The standard InChI is InChI=1S/C15H24N2O2S2/c1-4-16-10-14-9-15(6-5-12(14)2)21(18,19)17-7-8-20-11-13(17)3/h5-6,9,13,16H,4,7-8,10-11H2,1-3H3. The van der Waals surface area contributed by atoms with Gasteiger partial charge in [-0.25, -0.2) is 8.42 Å². The molecule has 1 aliphatic rings. The van der Waals surface area contributed by atoms with Gasteiger partial charge in [0.25, 0.3) is 0 Å². The van der Waals surface area contributed by atoms with Crippen molar-refractivity contribution in [2.75, 3.05) is 24.6 Å². The monoisotopic (exact) mass is 328 g/mol. The van der Waals surface area contributed by atoms with Crippen LogP contribution < -0.4 is 5.32 Å². The van der Waals surface area contributed by atoms with Gasteiger partial charge in [-0.2, -0.15) is 16.1 Å². The van der Waals surface area contributed by atoms with Crippen LogP contribution in [0.4, 0.5) is 0 Å². The summed E-state index contributed by atoms with van der Waals surface area (Å²) >= 11 is 1.82. The summed E-state index contributed by atoms with van der Waals surface area (Å²) in [6.07, 6.45) is 0. The van der Waals surface area contributed by atoms with E-state index in [4.69, 9.17) is 0 Å². The van der Waals surface area contributed by atoms with Gasteiger partial charge in [0.2, 0.25) is 10.0 Å². The second kappa shape index (κ2) is 7.13. The Kier molecular flexibility index (Phi) is 5.71. The van der Waals surface area contributed by atoms with E-state index in [1.807, 2.05) is 44.7 Å². The summed E-state index contributed by atoms with van der Waals surface area (Å²) in [5.41, 5.74) is 2.18. The minimum Gasteiger partial charge on any atom is -0.313 e. The first-order valence-corrected chi connectivity index (χ1v) is 9.96. The number of hydrogen-bond acceptors (Lipinski definition) is 4. The fourth-order valence-electron chi connectivity index (χ4n) is 2.46. The number of benzene rings is 1. The van der Waals surface area contributed by atoms with Crippen molar-refractivity contribution in [2.45, 2.75) is 38.3 Å². The zero-order chi connectivity index (χ0) is 15.5. The number of sulfonamides is 1. The third-order valence-electron chi connectivity index (χ3n) is 3.80. The second-order valence-electron chi connectivity index (χ2n) is 5.41. The van der Waals surface area contributed by atoms with Crippen molar-refractivity contribution in [2.24, 2.45) is 0 Å². The lowest BCUT2D eigenvalue weighted by molar-refractivity contribution is 0.367. The van der Waals surface area contributed by atoms with Crippen molar-refractivity contribution in [3.05, 3.63) is 29.3 Å². The van der Waals surface area contributed by atoms with Crippen molar-refractivity contribution < 1.29 is 8.42 Å². The van der Waals surface area contributed by atoms with E-state index in [1.165, 1.54) is 0 Å². The lowest BCUT2D eigenvalue weighted by Gasteiger charge is -2.32. The Balaban J connectivity index is 2.31. The fourth-order valence-corrected chi connectivity index (χ4v) is 5.37. The van der Waals surface area contributed by atoms with E-state index in [9.17, 15) is 8.42 Å². The van der Waals surface area contributed by atoms with Gasteiger partial charge in [0, 0.05) is 30.6 Å². The van der Waals surface area contributed by atoms with Gasteiger partial charge in [-0.15, -0.1) is 0 Å². The molecule has 1 aromatic rings. The van der Waals surface area contributed by atoms with E-state index in [2.05, 4.69) is 5.32 Å². The van der Waals surface area contributed by atoms with Gasteiger partial charge < -0.3 is 5.32 Å². The van der Waals surface area contributed by atoms with Crippen LogP contribution in [0.1, 0.15) is 25.0 Å². The van der Waals surface area contributed by atoms with Crippen LogP contribution in [0.3, 0.4) is 0 Å². The Morgan fingerprint density at radius 2 is 2.19 bits per heavy atom. The first-order chi connectivity index (χ1) is 9.96. The molecular formula is C15H24N2O2S2. The molecule has 0 aromatic heterocycles. The van der Waals surface area contributed by atoms with E-state index in [0.29, 0.717) is 18.0 Å². The first kappa shape index (κ1) is 16.8. The van der Waals surface area contributed by atoms with Crippen LogP contribution in [0.2, 0.25) is 0 Å². The molecule has 1 unspecified atom stereocenters. The Bertz CT molecular complexity index is 587. The van der Waals surface area contributed by atoms with Crippen LogP contribution in [0, 0.1) is 6.92 Å². The summed E-state index contributed by atoms with van der Waals surface area (Å²) in [6, 6.07) is 5.52. The van der Waals surface area contributed by atoms with Crippen molar-refractivity contribution in [1.82, 2.24) is 9.62 Å². The molecule has 4 nitrogen and oxygen atoms in total. The third kappa shape index (κ3) is 3.80. The maximum Gasteiger partial charge on any atom is 0.243 e. The van der Waals surface area contributed by atoms with Crippen molar-refractivity contribution in [1.29, 1.82) is 0 Å². The predicted octanol–water partition coefficient (Wildman–Crippen LogP) is 2.23. The van der Waals surface area contributed by atoms with Crippen LogP contribution in [0.15, 0.2) is 23.1 Å². The average molecular weight is 329 g/mol. The summed E-state index contributed by atoms with van der Waals surface area (Å²) in [5, 5.41) is 3.26. The van der Waals surface area contributed by atoms with E-state index < -0.39 is 10.0 Å². The largest absolute Gasteiger partial charge is 0.313 e. The normalized spacial score (nSPS) is 20.6. The Morgan fingerprint density at radius 3 is 2.86 bits per heavy atom. The predicted molar refractivity (Wildman–Crippen MR) is 89.2 cm³/mol. The van der Waals surface area contributed by atoms with Gasteiger partial charge in [0.15, 0.2) is 0 Å². The van der Waals surface area contributed by atoms with Gasteiger partial charge in [0.1, 0.15) is 0 Å². The molecule has 0 bridgehead atoms. The van der Waals surface area contributed by atoms with Crippen LogP contribution in [-0.4, -0.2) is 43.4 Å². The topological polar surface area (TPSA) is 49.4 Å². The van der Waals surface area contributed by atoms with E-state index in [1.54, 1.807) is 10.4 Å². The number of thioether (sulfide) groups is 1. The molecule has 118 valence electrons. The maximum absolute atomic E-state index is 12.8. The molecule has 1 fully saturated rings. The van der Waals surface area contributed by atoms with E-state index in [-0.39, 0.29) is 6.04 Å². The van der Waals surface area contributed by atoms with Crippen LogP contribution >= 0.6 is 11.8 Å². The molecule has 1 aromatic carbocycles. The molecule has 0 aliphatic carbocycles. The van der Waals surface area contributed by atoms with Crippen molar-refractivity contribution in [3.63, 3.8) is 0 Å². The van der Waals surface area contributed by atoms with Gasteiger partial charge in [-0.05, 0) is 43.7 Å². The summed E-state index contributed by atoms with van der Waals surface area (Å²) in [6.45, 7) is 8.22. The Hall–Kier alpha value is -0.560. The average Bonchev–Trinajstić information content (AvgIpc) is 2.46. The van der Waals surface area contributed by atoms with Gasteiger partial charge >= 0.3 is 0 Å². The molecule has 1 heterocycles. The lowest BCUT2D eigenvalue weighted by atomic mass is 10.1. The fraction of sp³-hybridized carbons (Fsp3) is 0.600. The smallest absolute Gasteiger partial charge is 0.243 e. The van der Waals surface area contributed by atoms with E-state index >= 15 is 0 Å². The highest BCUT2D eigenvalue weighted by atomic mass is 32.2. The van der Waals surface area contributed by atoms with Crippen molar-refractivity contribution in [3.8, 4) is 0 Å². The summed E-state index contributed by atoms with van der Waals surface area (Å²) in [4.78, 5) is 0.416. The molecular weight excluding hydrogens is 304 g/mol. The summed E-state index contributed by atoms with van der Waals surface area (Å²) in [5.74, 6) is 1.75. The lowest BCUT2D eigenvalue weighted by Crippen LogP contribution is -2.44. The second-order valence-corrected chi connectivity index (χ2v) is 8.45. The molecule has 21 heavy (non-hydrogen) atoms. The molecule has 0 amide bonds. The zero-order valence-electron chi connectivity index (χ0n) is 12.9. The van der Waals surface area contributed by atoms with Crippen LogP contribution in [0.25, 0.3) is 0 Å². The molecule has 1 atom stereocenters. The van der Waals surface area contributed by atoms with Crippen molar-refractivity contribution >= 4 is 21.8 Å². The highest BCUT2D eigenvalue weighted by molar-refractivity contribution is 7.99. The minimum absolute atomic E-state index is 0.0623. The van der Waals surface area contributed by atoms with Gasteiger partial charge in [0.05, 0.1) is 4.90 Å². The molecule has 1 aliphatic heterocycles. The van der Waals surface area contributed by atoms with Crippen LogP contribution in [-0.2, 0) is 16.6 Å².